The monoisotopic (exact) mass is 281 g/mol. The van der Waals surface area contributed by atoms with Crippen molar-refractivity contribution >= 4 is 17.0 Å². The summed E-state index contributed by atoms with van der Waals surface area (Å²) in [5.74, 6) is 1.72. The molecule has 0 radical (unpaired) electrons. The first-order chi connectivity index (χ1) is 10.3. The lowest BCUT2D eigenvalue weighted by Crippen LogP contribution is -2.07. The molecule has 1 N–H and O–H groups in total. The lowest BCUT2D eigenvalue weighted by Gasteiger charge is -2.07. The molecule has 3 aromatic rings. The van der Waals surface area contributed by atoms with Gasteiger partial charge in [-0.3, -0.25) is 0 Å². The van der Waals surface area contributed by atoms with Gasteiger partial charge in [0.25, 0.3) is 0 Å². The van der Waals surface area contributed by atoms with E-state index in [1.807, 2.05) is 25.1 Å². The van der Waals surface area contributed by atoms with E-state index in [0.29, 0.717) is 12.4 Å². The Morgan fingerprint density at radius 2 is 1.95 bits per heavy atom. The molecule has 0 saturated carbocycles. The van der Waals surface area contributed by atoms with Gasteiger partial charge in [0.05, 0.1) is 16.7 Å². The zero-order valence-corrected chi connectivity index (χ0v) is 12.4. The van der Waals surface area contributed by atoms with Gasteiger partial charge in [0, 0.05) is 25.7 Å². The highest BCUT2D eigenvalue weighted by molar-refractivity contribution is 5.75. The molecule has 3 rings (SSSR count). The maximum absolute atomic E-state index is 4.74. The Morgan fingerprint density at radius 3 is 2.76 bits per heavy atom. The minimum Gasteiger partial charge on any atom is -0.354 e. The van der Waals surface area contributed by atoms with Crippen LogP contribution in [-0.4, -0.2) is 26.1 Å². The van der Waals surface area contributed by atoms with Crippen molar-refractivity contribution in [1.29, 1.82) is 0 Å². The molecule has 0 unspecified atom stereocenters. The third kappa shape index (κ3) is 2.72. The van der Waals surface area contributed by atoms with Crippen molar-refractivity contribution in [3.8, 4) is 0 Å². The molecule has 21 heavy (non-hydrogen) atoms. The molecular formula is C16H19N5. The van der Waals surface area contributed by atoms with Crippen LogP contribution in [0.5, 0.6) is 0 Å². The predicted octanol–water partition coefficient (Wildman–Crippen LogP) is 2.87. The minimum atomic E-state index is 0.675. The fourth-order valence-electron chi connectivity index (χ4n) is 2.51. The van der Waals surface area contributed by atoms with E-state index in [4.69, 9.17) is 4.98 Å². The van der Waals surface area contributed by atoms with Crippen LogP contribution in [0.2, 0.25) is 0 Å². The SMILES string of the molecule is CCNc1nccc(Cc2nc3ccccc3n2CC)n1. The number of anilines is 1. The van der Waals surface area contributed by atoms with Crippen LogP contribution in [-0.2, 0) is 13.0 Å². The fraction of sp³-hybridized carbons (Fsp3) is 0.312. The van der Waals surface area contributed by atoms with Crippen molar-refractivity contribution < 1.29 is 0 Å². The summed E-state index contributed by atoms with van der Waals surface area (Å²) in [4.78, 5) is 13.5. The second-order valence-electron chi connectivity index (χ2n) is 4.84. The van der Waals surface area contributed by atoms with Gasteiger partial charge in [-0.15, -0.1) is 0 Å². The molecule has 0 aliphatic carbocycles. The molecule has 0 amide bonds. The Morgan fingerprint density at radius 1 is 1.10 bits per heavy atom. The number of rotatable bonds is 5. The molecule has 1 aromatic carbocycles. The van der Waals surface area contributed by atoms with Crippen molar-refractivity contribution in [2.45, 2.75) is 26.8 Å². The highest BCUT2D eigenvalue weighted by Gasteiger charge is 2.10. The van der Waals surface area contributed by atoms with Gasteiger partial charge in [-0.05, 0) is 32.0 Å². The summed E-state index contributed by atoms with van der Waals surface area (Å²) in [7, 11) is 0. The molecule has 0 spiro atoms. The molecule has 0 atom stereocenters. The van der Waals surface area contributed by atoms with Crippen LogP contribution in [0.15, 0.2) is 36.5 Å². The standard InChI is InChI=1S/C16H19N5/c1-3-17-16-18-10-9-12(19-16)11-15-20-13-7-5-6-8-14(13)21(15)4-2/h5-10H,3-4,11H2,1-2H3,(H,17,18,19). The summed E-state index contributed by atoms with van der Waals surface area (Å²) in [5.41, 5.74) is 3.19. The molecule has 0 aliphatic heterocycles. The number of para-hydroxylation sites is 2. The normalized spacial score (nSPS) is 11.0. The van der Waals surface area contributed by atoms with Crippen LogP contribution in [0, 0.1) is 0 Å². The molecule has 0 bridgehead atoms. The van der Waals surface area contributed by atoms with Gasteiger partial charge < -0.3 is 9.88 Å². The summed E-state index contributed by atoms with van der Waals surface area (Å²) in [6.45, 7) is 5.89. The van der Waals surface area contributed by atoms with Crippen molar-refractivity contribution in [2.75, 3.05) is 11.9 Å². The van der Waals surface area contributed by atoms with E-state index in [-0.39, 0.29) is 0 Å². The number of hydrogen-bond donors (Lipinski definition) is 1. The van der Waals surface area contributed by atoms with Gasteiger partial charge in [0.1, 0.15) is 5.82 Å². The Bertz CT molecular complexity index is 747. The van der Waals surface area contributed by atoms with Crippen LogP contribution >= 0.6 is 0 Å². The topological polar surface area (TPSA) is 55.6 Å². The van der Waals surface area contributed by atoms with Gasteiger partial charge in [0.15, 0.2) is 0 Å². The number of nitrogens with zero attached hydrogens (tertiary/aromatic N) is 4. The van der Waals surface area contributed by atoms with E-state index in [1.165, 1.54) is 5.52 Å². The van der Waals surface area contributed by atoms with Crippen LogP contribution in [0.25, 0.3) is 11.0 Å². The molecular weight excluding hydrogens is 262 g/mol. The van der Waals surface area contributed by atoms with Crippen molar-refractivity contribution in [2.24, 2.45) is 0 Å². The van der Waals surface area contributed by atoms with E-state index in [1.54, 1.807) is 6.20 Å². The third-order valence-corrected chi connectivity index (χ3v) is 3.44. The summed E-state index contributed by atoms with van der Waals surface area (Å²) < 4.78 is 2.24. The Hall–Kier alpha value is -2.43. The highest BCUT2D eigenvalue weighted by Crippen LogP contribution is 2.18. The molecule has 0 aliphatic rings. The lowest BCUT2D eigenvalue weighted by molar-refractivity contribution is 0.728. The van der Waals surface area contributed by atoms with Crippen molar-refractivity contribution in [3.63, 3.8) is 0 Å². The second-order valence-corrected chi connectivity index (χ2v) is 4.84. The van der Waals surface area contributed by atoms with E-state index < -0.39 is 0 Å². The molecule has 5 heteroatoms. The maximum Gasteiger partial charge on any atom is 0.222 e. The third-order valence-electron chi connectivity index (χ3n) is 3.44. The molecule has 0 saturated heterocycles. The smallest absolute Gasteiger partial charge is 0.222 e. The van der Waals surface area contributed by atoms with Crippen molar-refractivity contribution in [3.05, 3.63) is 48.0 Å². The number of imidazole rings is 1. The fourth-order valence-corrected chi connectivity index (χ4v) is 2.51. The summed E-state index contributed by atoms with van der Waals surface area (Å²) in [5, 5.41) is 3.14. The number of fused-ring (bicyclic) bond motifs is 1. The average molecular weight is 281 g/mol. The average Bonchev–Trinajstić information content (AvgIpc) is 2.85. The number of aryl methyl sites for hydroxylation is 1. The van der Waals surface area contributed by atoms with Crippen LogP contribution in [0.4, 0.5) is 5.95 Å². The van der Waals surface area contributed by atoms with Gasteiger partial charge in [-0.1, -0.05) is 12.1 Å². The summed E-state index contributed by atoms with van der Waals surface area (Å²) in [6, 6.07) is 10.2. The number of hydrogen-bond acceptors (Lipinski definition) is 4. The summed E-state index contributed by atoms with van der Waals surface area (Å²) in [6.07, 6.45) is 2.50. The van der Waals surface area contributed by atoms with Crippen LogP contribution < -0.4 is 5.32 Å². The van der Waals surface area contributed by atoms with E-state index in [9.17, 15) is 0 Å². The van der Waals surface area contributed by atoms with Gasteiger partial charge in [-0.2, -0.15) is 0 Å². The molecule has 5 nitrogen and oxygen atoms in total. The first kappa shape index (κ1) is 13.5. The summed E-state index contributed by atoms with van der Waals surface area (Å²) >= 11 is 0. The van der Waals surface area contributed by atoms with Gasteiger partial charge >= 0.3 is 0 Å². The van der Waals surface area contributed by atoms with E-state index >= 15 is 0 Å². The number of benzene rings is 1. The van der Waals surface area contributed by atoms with E-state index in [0.717, 1.165) is 30.1 Å². The molecule has 108 valence electrons. The Kier molecular flexibility index (Phi) is 3.81. The molecule has 2 aromatic heterocycles. The minimum absolute atomic E-state index is 0.675. The number of nitrogens with one attached hydrogen (secondary N) is 1. The maximum atomic E-state index is 4.74. The Balaban J connectivity index is 1.96. The van der Waals surface area contributed by atoms with Gasteiger partial charge in [0.2, 0.25) is 5.95 Å². The largest absolute Gasteiger partial charge is 0.354 e. The molecule has 0 fully saturated rings. The predicted molar refractivity (Wildman–Crippen MR) is 84.4 cm³/mol. The van der Waals surface area contributed by atoms with Gasteiger partial charge in [-0.25, -0.2) is 15.0 Å². The van der Waals surface area contributed by atoms with Crippen LogP contribution in [0.1, 0.15) is 25.4 Å². The lowest BCUT2D eigenvalue weighted by atomic mass is 10.3. The van der Waals surface area contributed by atoms with Crippen molar-refractivity contribution in [1.82, 2.24) is 19.5 Å². The first-order valence-electron chi connectivity index (χ1n) is 7.31. The van der Waals surface area contributed by atoms with E-state index in [2.05, 4.69) is 38.9 Å². The van der Waals surface area contributed by atoms with Crippen LogP contribution in [0.3, 0.4) is 0 Å². The zero-order valence-electron chi connectivity index (χ0n) is 12.4. The number of aromatic nitrogens is 4. The zero-order chi connectivity index (χ0) is 14.7. The first-order valence-corrected chi connectivity index (χ1v) is 7.31. The Labute approximate surface area is 124 Å². The second kappa shape index (κ2) is 5.91. The quantitative estimate of drug-likeness (QED) is 0.781. The highest BCUT2D eigenvalue weighted by atomic mass is 15.1. The molecule has 2 heterocycles.